The van der Waals surface area contributed by atoms with Crippen LogP contribution in [0.4, 0.5) is 11.4 Å². The maximum Gasteiger partial charge on any atom is 0.0697 e. The molecule has 0 unspecified atom stereocenters. The molecule has 3 rings (SSSR count). The lowest BCUT2D eigenvalue weighted by Crippen LogP contribution is -2.22. The van der Waals surface area contributed by atoms with Gasteiger partial charge in [0.25, 0.3) is 0 Å². The number of anilines is 2. The van der Waals surface area contributed by atoms with E-state index in [0.29, 0.717) is 0 Å². The molecule has 0 spiro atoms. The van der Waals surface area contributed by atoms with Crippen LogP contribution in [-0.2, 0) is 12.0 Å². The average molecular weight is 368 g/mol. The minimum atomic E-state index is 0.0680. The average Bonchev–Trinajstić information content (AvgIpc) is 2.66. The molecule has 0 atom stereocenters. The lowest BCUT2D eigenvalue weighted by molar-refractivity contribution is 0.567. The third-order valence-corrected chi connectivity index (χ3v) is 4.49. The number of benzene rings is 1. The number of nitrogens with zero attached hydrogens (tertiary/aromatic N) is 2. The monoisotopic (exact) mass is 367 g/mol. The molecule has 0 bridgehead atoms. The molecule has 3 nitrogen and oxygen atoms in total. The number of rotatable bonds is 1. The lowest BCUT2D eigenvalue weighted by atomic mass is 9.90. The number of hydrogen-bond acceptors (Lipinski definition) is 3. The molecule has 3 heteroatoms. The van der Waals surface area contributed by atoms with Gasteiger partial charge in [0.15, 0.2) is 0 Å². The summed E-state index contributed by atoms with van der Waals surface area (Å²) >= 11 is 0. The van der Waals surface area contributed by atoms with E-state index in [1.807, 2.05) is 27.7 Å². The van der Waals surface area contributed by atoms with Crippen molar-refractivity contribution in [2.24, 2.45) is 0 Å². The molecule has 2 heterocycles. The summed E-state index contributed by atoms with van der Waals surface area (Å²) in [4.78, 5) is 7.02. The Morgan fingerprint density at radius 2 is 1.56 bits per heavy atom. The van der Waals surface area contributed by atoms with Gasteiger partial charge in [-0.25, -0.2) is 0 Å². The third-order valence-electron chi connectivity index (χ3n) is 4.49. The molecule has 0 fully saturated rings. The van der Waals surface area contributed by atoms with Gasteiger partial charge in [-0.15, -0.1) is 0 Å². The second-order valence-electron chi connectivity index (χ2n) is 7.43. The number of hydrogen-bond donors (Lipinski definition) is 1. The minimum Gasteiger partial charge on any atom is -0.397 e. The molecule has 1 aromatic carbocycles. The number of nitrogen functional groups attached to an aromatic ring is 1. The zero-order chi connectivity index (χ0) is 20.8. The molecule has 1 aliphatic heterocycles. The van der Waals surface area contributed by atoms with Crippen LogP contribution in [0.25, 0.3) is 6.08 Å². The highest BCUT2D eigenvalue weighted by atomic mass is 15.1. The fourth-order valence-corrected chi connectivity index (χ4v) is 2.83. The van der Waals surface area contributed by atoms with Crippen LogP contribution < -0.4 is 10.6 Å². The number of pyridine rings is 1. The van der Waals surface area contributed by atoms with Crippen molar-refractivity contribution in [1.82, 2.24) is 4.98 Å². The smallest absolute Gasteiger partial charge is 0.0697 e. The zero-order valence-electron chi connectivity index (χ0n) is 18.6. The van der Waals surface area contributed by atoms with Gasteiger partial charge in [-0.05, 0) is 54.8 Å². The van der Waals surface area contributed by atoms with Crippen LogP contribution >= 0.6 is 0 Å². The molecule has 1 aliphatic rings. The molecular weight excluding hydrogens is 330 g/mol. The highest BCUT2D eigenvalue weighted by Gasteiger charge is 2.20. The van der Waals surface area contributed by atoms with E-state index >= 15 is 0 Å². The Balaban J connectivity index is 0.000000855. The standard InChI is InChI=1S/C20H25N3.2C2H6/c1-13-10-16(21)18(11-14(13)2)23-9-8-17-15(12-23)6-7-19(22-17)20(3,4)5;2*1-2/h6-11H,12,21H2,1-5H3;2*1-2H3. The first kappa shape index (κ1) is 22.8. The highest BCUT2D eigenvalue weighted by molar-refractivity contribution is 5.74. The van der Waals surface area contributed by atoms with Gasteiger partial charge in [0, 0.05) is 23.9 Å². The SMILES string of the molecule is CC.CC.Cc1cc(N)c(N2C=Cc3nc(C(C)(C)C)ccc3C2)cc1C. The molecular formula is C24H37N3. The molecule has 0 saturated heterocycles. The minimum absolute atomic E-state index is 0.0680. The summed E-state index contributed by atoms with van der Waals surface area (Å²) in [5.74, 6) is 0. The first-order valence-electron chi connectivity index (χ1n) is 10.1. The molecule has 0 saturated carbocycles. The van der Waals surface area contributed by atoms with Gasteiger partial charge in [-0.2, -0.15) is 0 Å². The first-order chi connectivity index (χ1) is 12.8. The van der Waals surface area contributed by atoms with E-state index in [0.717, 1.165) is 29.3 Å². The van der Waals surface area contributed by atoms with Gasteiger partial charge in [0.05, 0.1) is 17.1 Å². The number of fused-ring (bicyclic) bond motifs is 1. The topological polar surface area (TPSA) is 42.1 Å². The normalized spacial score (nSPS) is 12.4. The Kier molecular flexibility index (Phi) is 8.08. The van der Waals surface area contributed by atoms with Gasteiger partial charge in [-0.3, -0.25) is 4.98 Å². The van der Waals surface area contributed by atoms with Crippen LogP contribution in [0, 0.1) is 13.8 Å². The molecule has 0 aliphatic carbocycles. The van der Waals surface area contributed by atoms with Crippen molar-refractivity contribution in [2.75, 3.05) is 10.6 Å². The van der Waals surface area contributed by atoms with Gasteiger partial charge in [0.1, 0.15) is 0 Å². The number of aryl methyl sites for hydroxylation is 2. The van der Waals surface area contributed by atoms with Crippen molar-refractivity contribution in [3.63, 3.8) is 0 Å². The van der Waals surface area contributed by atoms with E-state index in [-0.39, 0.29) is 5.41 Å². The Bertz CT molecular complexity index is 783. The molecule has 1 aromatic heterocycles. The fourth-order valence-electron chi connectivity index (χ4n) is 2.83. The molecule has 0 radical (unpaired) electrons. The predicted molar refractivity (Wildman–Crippen MR) is 121 cm³/mol. The zero-order valence-corrected chi connectivity index (χ0v) is 18.6. The Morgan fingerprint density at radius 1 is 0.963 bits per heavy atom. The van der Waals surface area contributed by atoms with Crippen molar-refractivity contribution < 1.29 is 0 Å². The summed E-state index contributed by atoms with van der Waals surface area (Å²) in [6.07, 6.45) is 4.17. The maximum absolute atomic E-state index is 6.23. The van der Waals surface area contributed by atoms with E-state index in [1.165, 1.54) is 16.7 Å². The molecule has 27 heavy (non-hydrogen) atoms. The number of nitrogens with two attached hydrogens (primary N) is 1. The van der Waals surface area contributed by atoms with Crippen LogP contribution in [0.1, 0.15) is 76.5 Å². The van der Waals surface area contributed by atoms with E-state index in [9.17, 15) is 0 Å². The second kappa shape index (κ2) is 9.59. The summed E-state index contributed by atoms with van der Waals surface area (Å²) < 4.78 is 0. The second-order valence-corrected chi connectivity index (χ2v) is 7.43. The third kappa shape index (κ3) is 5.35. The van der Waals surface area contributed by atoms with E-state index < -0.39 is 0 Å². The summed E-state index contributed by atoms with van der Waals surface area (Å²) in [5.41, 5.74) is 14.1. The highest BCUT2D eigenvalue weighted by Crippen LogP contribution is 2.32. The van der Waals surface area contributed by atoms with E-state index in [2.05, 4.69) is 76.1 Å². The van der Waals surface area contributed by atoms with Gasteiger partial charge < -0.3 is 10.6 Å². The first-order valence-corrected chi connectivity index (χ1v) is 10.1. The van der Waals surface area contributed by atoms with Crippen LogP contribution in [0.15, 0.2) is 30.5 Å². The van der Waals surface area contributed by atoms with Crippen LogP contribution in [0.3, 0.4) is 0 Å². The fraction of sp³-hybridized carbons (Fsp3) is 0.458. The molecule has 2 N–H and O–H groups in total. The van der Waals surface area contributed by atoms with Crippen molar-refractivity contribution in [3.8, 4) is 0 Å². The summed E-state index contributed by atoms with van der Waals surface area (Å²) in [7, 11) is 0. The molecule has 2 aromatic rings. The summed E-state index contributed by atoms with van der Waals surface area (Å²) in [5, 5.41) is 0. The molecule has 0 amide bonds. The lowest BCUT2D eigenvalue weighted by Gasteiger charge is -2.28. The Hall–Kier alpha value is -2.29. The summed E-state index contributed by atoms with van der Waals surface area (Å²) in [6, 6.07) is 8.54. The quantitative estimate of drug-likeness (QED) is 0.576. The largest absolute Gasteiger partial charge is 0.397 e. The van der Waals surface area contributed by atoms with Gasteiger partial charge >= 0.3 is 0 Å². The van der Waals surface area contributed by atoms with Crippen LogP contribution in [-0.4, -0.2) is 4.98 Å². The summed E-state index contributed by atoms with van der Waals surface area (Å²) in [6.45, 7) is 19.6. The van der Waals surface area contributed by atoms with E-state index in [1.54, 1.807) is 0 Å². The molecule has 148 valence electrons. The van der Waals surface area contributed by atoms with Crippen molar-refractivity contribution in [1.29, 1.82) is 0 Å². The van der Waals surface area contributed by atoms with Crippen LogP contribution in [0.2, 0.25) is 0 Å². The van der Waals surface area contributed by atoms with Gasteiger partial charge in [-0.1, -0.05) is 54.5 Å². The maximum atomic E-state index is 6.23. The Labute approximate surface area is 166 Å². The van der Waals surface area contributed by atoms with E-state index in [4.69, 9.17) is 10.7 Å². The number of aromatic nitrogens is 1. The van der Waals surface area contributed by atoms with Crippen molar-refractivity contribution in [3.05, 3.63) is 58.5 Å². The Morgan fingerprint density at radius 3 is 2.15 bits per heavy atom. The van der Waals surface area contributed by atoms with Crippen LogP contribution in [0.5, 0.6) is 0 Å². The van der Waals surface area contributed by atoms with Gasteiger partial charge in [0.2, 0.25) is 0 Å². The van der Waals surface area contributed by atoms with Crippen molar-refractivity contribution in [2.45, 2.75) is 74.3 Å². The predicted octanol–water partition coefficient (Wildman–Crippen LogP) is 6.62. The van der Waals surface area contributed by atoms with Crippen molar-refractivity contribution >= 4 is 17.5 Å².